The van der Waals surface area contributed by atoms with E-state index in [1.54, 1.807) is 7.05 Å². The lowest BCUT2D eigenvalue weighted by molar-refractivity contribution is 0.0281. The van der Waals surface area contributed by atoms with Crippen molar-refractivity contribution in [2.75, 3.05) is 7.05 Å². The second-order valence-corrected chi connectivity index (χ2v) is 8.86. The van der Waals surface area contributed by atoms with Crippen molar-refractivity contribution in [3.05, 3.63) is 71.8 Å². The SMILES string of the molecule is CN(Cc1ccccc1)S(=O)(=O)NC(Cc1ccccc1)C1CC(O)C1. The van der Waals surface area contributed by atoms with Crippen LogP contribution in [0.4, 0.5) is 0 Å². The van der Waals surface area contributed by atoms with Gasteiger partial charge in [0.25, 0.3) is 10.2 Å². The molecule has 26 heavy (non-hydrogen) atoms. The molecule has 0 aromatic heterocycles. The van der Waals surface area contributed by atoms with Crippen molar-refractivity contribution in [1.29, 1.82) is 0 Å². The average molecular weight is 375 g/mol. The summed E-state index contributed by atoms with van der Waals surface area (Å²) in [5, 5.41) is 9.65. The molecule has 1 saturated carbocycles. The van der Waals surface area contributed by atoms with E-state index < -0.39 is 10.2 Å². The molecule has 6 heteroatoms. The number of nitrogens with zero attached hydrogens (tertiary/aromatic N) is 1. The number of benzene rings is 2. The minimum Gasteiger partial charge on any atom is -0.393 e. The highest BCUT2D eigenvalue weighted by atomic mass is 32.2. The molecule has 5 nitrogen and oxygen atoms in total. The zero-order valence-electron chi connectivity index (χ0n) is 15.0. The molecule has 0 bridgehead atoms. The van der Waals surface area contributed by atoms with Gasteiger partial charge in [0.15, 0.2) is 0 Å². The van der Waals surface area contributed by atoms with Crippen molar-refractivity contribution in [2.45, 2.75) is 38.0 Å². The van der Waals surface area contributed by atoms with Gasteiger partial charge in [-0.1, -0.05) is 60.7 Å². The molecule has 2 aromatic rings. The molecule has 0 radical (unpaired) electrons. The van der Waals surface area contributed by atoms with E-state index in [0.29, 0.717) is 25.8 Å². The van der Waals surface area contributed by atoms with Crippen molar-refractivity contribution >= 4 is 10.2 Å². The number of hydrogen-bond donors (Lipinski definition) is 2. The van der Waals surface area contributed by atoms with Crippen LogP contribution in [0.25, 0.3) is 0 Å². The largest absolute Gasteiger partial charge is 0.393 e. The maximum absolute atomic E-state index is 12.8. The molecule has 2 aromatic carbocycles. The average Bonchev–Trinajstić information content (AvgIpc) is 2.60. The van der Waals surface area contributed by atoms with Crippen molar-refractivity contribution in [3.63, 3.8) is 0 Å². The fraction of sp³-hybridized carbons (Fsp3) is 0.400. The minimum atomic E-state index is -3.61. The van der Waals surface area contributed by atoms with E-state index in [0.717, 1.165) is 11.1 Å². The Kier molecular flexibility index (Phi) is 6.09. The van der Waals surface area contributed by atoms with Crippen molar-refractivity contribution in [2.24, 2.45) is 5.92 Å². The third kappa shape index (κ3) is 4.92. The van der Waals surface area contributed by atoms with Gasteiger partial charge in [0, 0.05) is 19.6 Å². The minimum absolute atomic E-state index is 0.158. The molecule has 1 aliphatic rings. The summed E-state index contributed by atoms with van der Waals surface area (Å²) in [5.41, 5.74) is 2.03. The van der Waals surface area contributed by atoms with Crippen molar-refractivity contribution < 1.29 is 13.5 Å². The first-order valence-electron chi connectivity index (χ1n) is 8.93. The van der Waals surface area contributed by atoms with E-state index in [9.17, 15) is 13.5 Å². The zero-order valence-corrected chi connectivity index (χ0v) is 15.8. The van der Waals surface area contributed by atoms with Gasteiger partial charge >= 0.3 is 0 Å². The fourth-order valence-electron chi connectivity index (χ4n) is 3.34. The van der Waals surface area contributed by atoms with E-state index in [4.69, 9.17) is 0 Å². The summed E-state index contributed by atoms with van der Waals surface area (Å²) in [4.78, 5) is 0. The Balaban J connectivity index is 1.70. The summed E-state index contributed by atoms with van der Waals surface area (Å²) in [5.74, 6) is 0.158. The van der Waals surface area contributed by atoms with E-state index in [1.807, 2.05) is 60.7 Å². The summed E-state index contributed by atoms with van der Waals surface area (Å²) >= 11 is 0. The molecule has 0 saturated heterocycles. The summed E-state index contributed by atoms with van der Waals surface area (Å²) in [6, 6.07) is 19.2. The predicted octanol–water partition coefficient (Wildman–Crippen LogP) is 2.33. The second-order valence-electron chi connectivity index (χ2n) is 7.05. The van der Waals surface area contributed by atoms with Crippen LogP contribution in [-0.2, 0) is 23.2 Å². The molecule has 3 rings (SSSR count). The van der Waals surface area contributed by atoms with Gasteiger partial charge in [0.1, 0.15) is 0 Å². The standard InChI is InChI=1S/C20H26N2O3S/c1-22(15-17-10-6-3-7-11-17)26(24,25)21-20(18-13-19(23)14-18)12-16-8-4-2-5-9-16/h2-11,18-21,23H,12-15H2,1H3. The lowest BCUT2D eigenvalue weighted by Gasteiger charge is -2.38. The smallest absolute Gasteiger partial charge is 0.279 e. The van der Waals surface area contributed by atoms with Crippen LogP contribution in [0.1, 0.15) is 24.0 Å². The fourth-order valence-corrected chi connectivity index (χ4v) is 4.50. The van der Waals surface area contributed by atoms with Crippen LogP contribution in [0.3, 0.4) is 0 Å². The monoisotopic (exact) mass is 374 g/mol. The highest BCUT2D eigenvalue weighted by molar-refractivity contribution is 7.87. The van der Waals surface area contributed by atoms with Crippen molar-refractivity contribution in [1.82, 2.24) is 9.03 Å². The summed E-state index contributed by atoms with van der Waals surface area (Å²) in [6.45, 7) is 0.321. The molecule has 1 atom stereocenters. The van der Waals surface area contributed by atoms with Crippen LogP contribution in [0.2, 0.25) is 0 Å². The number of hydrogen-bond acceptors (Lipinski definition) is 3. The van der Waals surface area contributed by atoms with Crippen LogP contribution in [-0.4, -0.2) is 37.0 Å². The Morgan fingerprint density at radius 1 is 1.04 bits per heavy atom. The number of rotatable bonds is 8. The molecule has 0 amide bonds. The molecule has 140 valence electrons. The Labute approximate surface area is 155 Å². The lowest BCUT2D eigenvalue weighted by Crippen LogP contribution is -2.51. The first kappa shape index (κ1) is 19.0. The number of nitrogens with one attached hydrogen (secondary N) is 1. The first-order valence-corrected chi connectivity index (χ1v) is 10.4. The summed E-state index contributed by atoms with van der Waals surface area (Å²) < 4.78 is 29.8. The topological polar surface area (TPSA) is 69.6 Å². The molecule has 1 fully saturated rings. The number of aliphatic hydroxyl groups excluding tert-OH is 1. The Bertz CT molecular complexity index is 790. The van der Waals surface area contributed by atoms with E-state index in [1.165, 1.54) is 4.31 Å². The molecule has 1 aliphatic carbocycles. The van der Waals surface area contributed by atoms with Gasteiger partial charge in [-0.05, 0) is 36.3 Å². The summed E-state index contributed by atoms with van der Waals surface area (Å²) in [7, 11) is -2.03. The van der Waals surface area contributed by atoms with Gasteiger partial charge in [-0.2, -0.15) is 17.4 Å². The molecule has 0 spiro atoms. The van der Waals surface area contributed by atoms with Crippen LogP contribution in [0, 0.1) is 5.92 Å². The quantitative estimate of drug-likeness (QED) is 0.745. The van der Waals surface area contributed by atoms with Crippen LogP contribution < -0.4 is 4.72 Å². The maximum atomic E-state index is 12.8. The van der Waals surface area contributed by atoms with Gasteiger partial charge in [-0.25, -0.2) is 0 Å². The molecule has 0 heterocycles. The van der Waals surface area contributed by atoms with Gasteiger partial charge in [-0.15, -0.1) is 0 Å². The second kappa shape index (κ2) is 8.31. The van der Waals surface area contributed by atoms with Gasteiger partial charge in [0.2, 0.25) is 0 Å². The third-order valence-corrected chi connectivity index (χ3v) is 6.53. The Hall–Kier alpha value is -1.73. The molecule has 2 N–H and O–H groups in total. The third-order valence-electron chi connectivity index (χ3n) is 4.98. The van der Waals surface area contributed by atoms with Crippen LogP contribution in [0.5, 0.6) is 0 Å². The van der Waals surface area contributed by atoms with E-state index in [2.05, 4.69) is 4.72 Å². The highest BCUT2D eigenvalue weighted by Crippen LogP contribution is 2.32. The Morgan fingerprint density at radius 3 is 2.12 bits per heavy atom. The van der Waals surface area contributed by atoms with Crippen LogP contribution in [0.15, 0.2) is 60.7 Å². The predicted molar refractivity (Wildman–Crippen MR) is 103 cm³/mol. The first-order chi connectivity index (χ1) is 12.4. The van der Waals surface area contributed by atoms with Gasteiger partial charge in [0.05, 0.1) is 6.10 Å². The Morgan fingerprint density at radius 2 is 1.58 bits per heavy atom. The van der Waals surface area contributed by atoms with Gasteiger partial charge < -0.3 is 5.11 Å². The zero-order chi connectivity index (χ0) is 18.6. The van der Waals surface area contributed by atoms with Gasteiger partial charge in [-0.3, -0.25) is 0 Å². The molecule has 1 unspecified atom stereocenters. The maximum Gasteiger partial charge on any atom is 0.279 e. The van der Waals surface area contributed by atoms with Crippen LogP contribution >= 0.6 is 0 Å². The molecule has 0 aliphatic heterocycles. The highest BCUT2D eigenvalue weighted by Gasteiger charge is 2.36. The normalized spacial score (nSPS) is 21.3. The number of aliphatic hydroxyl groups is 1. The molecular weight excluding hydrogens is 348 g/mol. The lowest BCUT2D eigenvalue weighted by atomic mass is 9.76. The van der Waals surface area contributed by atoms with Crippen molar-refractivity contribution in [3.8, 4) is 0 Å². The van der Waals surface area contributed by atoms with E-state index in [-0.39, 0.29) is 18.1 Å². The molecular formula is C20H26N2O3S. The van der Waals surface area contributed by atoms with E-state index >= 15 is 0 Å². The summed E-state index contributed by atoms with van der Waals surface area (Å²) in [6.07, 6.45) is 1.59.